The molecule has 1 heteroatoms. The first-order valence-electron chi connectivity index (χ1n) is 6.33. The highest BCUT2D eigenvalue weighted by Crippen LogP contribution is 2.16. The lowest BCUT2D eigenvalue weighted by Crippen LogP contribution is -1.88. The maximum Gasteiger partial charge on any atom is 0.118 e. The van der Waals surface area contributed by atoms with E-state index in [0.29, 0.717) is 0 Å². The van der Waals surface area contributed by atoms with E-state index in [-0.39, 0.29) is 0 Å². The normalized spacial score (nSPS) is 11.1. The van der Waals surface area contributed by atoms with Crippen molar-refractivity contribution in [3.63, 3.8) is 0 Å². The molecule has 0 unspecified atom stereocenters. The number of hydrogen-bond donors (Lipinski definition) is 0. The second-order valence-corrected chi connectivity index (χ2v) is 4.36. The summed E-state index contributed by atoms with van der Waals surface area (Å²) in [6.07, 6.45) is 4.97. The summed E-state index contributed by atoms with van der Waals surface area (Å²) in [5.41, 5.74) is 3.66. The molecule has 0 fully saturated rings. The van der Waals surface area contributed by atoms with Crippen molar-refractivity contribution in [1.82, 2.24) is 0 Å². The Balaban J connectivity index is 2.16. The first-order chi connectivity index (χ1) is 9.31. The van der Waals surface area contributed by atoms with Crippen LogP contribution in [0.1, 0.15) is 11.1 Å². The van der Waals surface area contributed by atoms with Crippen molar-refractivity contribution in [2.75, 3.05) is 7.11 Å². The molecule has 1 nitrogen and oxygen atoms in total. The van der Waals surface area contributed by atoms with Gasteiger partial charge in [0.2, 0.25) is 0 Å². The summed E-state index contributed by atoms with van der Waals surface area (Å²) in [4.78, 5) is 0. The highest BCUT2D eigenvalue weighted by Gasteiger charge is 1.97. The zero-order chi connectivity index (χ0) is 13.5. The maximum atomic E-state index is 5.16. The van der Waals surface area contributed by atoms with Gasteiger partial charge in [-0.3, -0.25) is 0 Å². The van der Waals surface area contributed by atoms with Crippen molar-refractivity contribution in [1.29, 1.82) is 0 Å². The lowest BCUT2D eigenvalue weighted by molar-refractivity contribution is 0.415. The van der Waals surface area contributed by atoms with Crippen LogP contribution < -0.4 is 4.74 Å². The van der Waals surface area contributed by atoms with E-state index in [1.165, 1.54) is 11.1 Å². The van der Waals surface area contributed by atoms with Crippen LogP contribution in [0.5, 0.6) is 5.75 Å². The minimum atomic E-state index is 0.875. The maximum absolute atomic E-state index is 5.16. The molecule has 2 aromatic rings. The van der Waals surface area contributed by atoms with Gasteiger partial charge in [0.15, 0.2) is 0 Å². The molecule has 0 aliphatic rings. The zero-order valence-corrected chi connectivity index (χ0v) is 11.2. The molecule has 0 aromatic heterocycles. The highest BCUT2D eigenvalue weighted by molar-refractivity contribution is 5.57. The van der Waals surface area contributed by atoms with Gasteiger partial charge in [-0.1, -0.05) is 61.2 Å². The molecule has 0 bridgehead atoms. The molecule has 0 heterocycles. The topological polar surface area (TPSA) is 9.23 Å². The lowest BCUT2D eigenvalue weighted by Gasteiger charge is -2.04. The van der Waals surface area contributed by atoms with Crippen LogP contribution in [0.2, 0.25) is 0 Å². The third-order valence-corrected chi connectivity index (χ3v) is 2.98. The van der Waals surface area contributed by atoms with Crippen molar-refractivity contribution in [2.45, 2.75) is 6.42 Å². The molecule has 0 spiro atoms. The van der Waals surface area contributed by atoms with Gasteiger partial charge in [-0.25, -0.2) is 0 Å². The Morgan fingerprint density at radius 1 is 1.05 bits per heavy atom. The summed E-state index contributed by atoms with van der Waals surface area (Å²) in [7, 11) is 1.68. The van der Waals surface area contributed by atoms with Crippen LogP contribution in [0.3, 0.4) is 0 Å². The van der Waals surface area contributed by atoms with E-state index in [4.69, 9.17) is 4.74 Å². The minimum Gasteiger partial charge on any atom is -0.497 e. The quantitative estimate of drug-likeness (QED) is 0.709. The molecule has 2 aromatic carbocycles. The molecule has 0 atom stereocenters. The molecule has 0 aliphatic carbocycles. The summed E-state index contributed by atoms with van der Waals surface area (Å²) in [6.45, 7) is 3.89. The van der Waals surface area contributed by atoms with Crippen LogP contribution in [0.4, 0.5) is 0 Å². The third kappa shape index (κ3) is 3.85. The fraction of sp³-hybridized carbons (Fsp3) is 0.111. The monoisotopic (exact) mass is 250 g/mol. The predicted octanol–water partition coefficient (Wildman–Crippen LogP) is 4.51. The molecule has 0 saturated heterocycles. The van der Waals surface area contributed by atoms with Gasteiger partial charge in [0.1, 0.15) is 5.75 Å². The van der Waals surface area contributed by atoms with E-state index in [2.05, 4.69) is 36.9 Å². The largest absolute Gasteiger partial charge is 0.497 e. The fourth-order valence-corrected chi connectivity index (χ4v) is 1.93. The van der Waals surface area contributed by atoms with Crippen LogP contribution in [0, 0.1) is 0 Å². The number of benzene rings is 2. The summed E-state index contributed by atoms with van der Waals surface area (Å²) in [5, 5.41) is 0. The molecule has 0 saturated carbocycles. The number of hydrogen-bond acceptors (Lipinski definition) is 1. The molecule has 0 N–H and O–H groups in total. The van der Waals surface area contributed by atoms with Crippen LogP contribution in [0.15, 0.2) is 72.8 Å². The molecular formula is C18H18O. The van der Waals surface area contributed by atoms with Crippen molar-refractivity contribution >= 4 is 6.08 Å². The van der Waals surface area contributed by atoms with Crippen molar-refractivity contribution in [3.05, 3.63) is 84.0 Å². The van der Waals surface area contributed by atoms with Gasteiger partial charge < -0.3 is 4.74 Å². The summed E-state index contributed by atoms with van der Waals surface area (Å²) in [6, 6.07) is 18.4. The van der Waals surface area contributed by atoms with Crippen molar-refractivity contribution < 1.29 is 4.74 Å². The Kier molecular flexibility index (Phi) is 4.57. The first kappa shape index (κ1) is 13.2. The number of methoxy groups -OCH3 is 1. The molecule has 0 aliphatic heterocycles. The van der Waals surface area contributed by atoms with Gasteiger partial charge in [0.05, 0.1) is 7.11 Å². The van der Waals surface area contributed by atoms with Gasteiger partial charge in [0.25, 0.3) is 0 Å². The second kappa shape index (κ2) is 6.60. The Hall–Kier alpha value is -2.28. The predicted molar refractivity (Wildman–Crippen MR) is 81.3 cm³/mol. The second-order valence-electron chi connectivity index (χ2n) is 4.36. The van der Waals surface area contributed by atoms with E-state index in [1.54, 1.807) is 7.11 Å². The number of ether oxygens (including phenoxy) is 1. The zero-order valence-electron chi connectivity index (χ0n) is 11.2. The van der Waals surface area contributed by atoms with Crippen LogP contribution >= 0.6 is 0 Å². The summed E-state index contributed by atoms with van der Waals surface area (Å²) in [5.74, 6) is 0.875. The Morgan fingerprint density at radius 3 is 2.32 bits per heavy atom. The minimum absolute atomic E-state index is 0.875. The van der Waals surface area contributed by atoms with E-state index < -0.39 is 0 Å². The SMILES string of the molecule is C=C/C(=C\c1ccc(OC)cc1)Cc1ccccc1. The molecule has 19 heavy (non-hydrogen) atoms. The first-order valence-corrected chi connectivity index (χ1v) is 6.33. The number of allylic oxidation sites excluding steroid dienone is 2. The van der Waals surface area contributed by atoms with Gasteiger partial charge >= 0.3 is 0 Å². The van der Waals surface area contributed by atoms with Gasteiger partial charge in [-0.05, 0) is 35.3 Å². The fourth-order valence-electron chi connectivity index (χ4n) is 1.93. The molecule has 96 valence electrons. The van der Waals surface area contributed by atoms with E-state index in [1.807, 2.05) is 36.4 Å². The van der Waals surface area contributed by atoms with Gasteiger partial charge in [0, 0.05) is 0 Å². The average molecular weight is 250 g/mol. The molecule has 2 rings (SSSR count). The van der Waals surface area contributed by atoms with Crippen LogP contribution in [-0.4, -0.2) is 7.11 Å². The van der Waals surface area contributed by atoms with Crippen LogP contribution in [-0.2, 0) is 6.42 Å². The summed E-state index contributed by atoms with van der Waals surface area (Å²) < 4.78 is 5.16. The van der Waals surface area contributed by atoms with Gasteiger partial charge in [-0.2, -0.15) is 0 Å². The van der Waals surface area contributed by atoms with Gasteiger partial charge in [-0.15, -0.1) is 0 Å². The standard InChI is InChI=1S/C18H18O/c1-3-15(13-16-7-5-4-6-8-16)14-17-9-11-18(19-2)12-10-17/h3-12,14H,1,13H2,2H3/b15-14+. The molecule has 0 radical (unpaired) electrons. The molecule has 0 amide bonds. The Labute approximate surface area is 114 Å². The highest BCUT2D eigenvalue weighted by atomic mass is 16.5. The van der Waals surface area contributed by atoms with Crippen molar-refractivity contribution in [2.24, 2.45) is 0 Å². The Bertz CT molecular complexity index is 550. The van der Waals surface area contributed by atoms with Crippen molar-refractivity contribution in [3.8, 4) is 5.75 Å². The van der Waals surface area contributed by atoms with E-state index in [0.717, 1.165) is 17.7 Å². The number of rotatable bonds is 5. The third-order valence-electron chi connectivity index (χ3n) is 2.98. The van der Waals surface area contributed by atoms with E-state index >= 15 is 0 Å². The Morgan fingerprint density at radius 2 is 1.74 bits per heavy atom. The molecular weight excluding hydrogens is 232 g/mol. The van der Waals surface area contributed by atoms with Crippen LogP contribution in [0.25, 0.3) is 6.08 Å². The smallest absolute Gasteiger partial charge is 0.118 e. The average Bonchev–Trinajstić information content (AvgIpc) is 2.48. The summed E-state index contributed by atoms with van der Waals surface area (Å²) >= 11 is 0. The lowest BCUT2D eigenvalue weighted by atomic mass is 10.0. The van der Waals surface area contributed by atoms with E-state index in [9.17, 15) is 0 Å².